The number of thioether (sulfide) groups is 1. The molecule has 3 heteroatoms. The number of halogens is 1. The van der Waals surface area contributed by atoms with Crippen molar-refractivity contribution in [1.82, 2.24) is 0 Å². The van der Waals surface area contributed by atoms with Gasteiger partial charge in [0.2, 0.25) is 0 Å². The molecule has 1 fully saturated rings. The summed E-state index contributed by atoms with van der Waals surface area (Å²) in [5, 5.41) is 0. The lowest BCUT2D eigenvalue weighted by Crippen LogP contribution is -2.38. The summed E-state index contributed by atoms with van der Waals surface area (Å²) in [5.41, 5.74) is 6.47. The van der Waals surface area contributed by atoms with E-state index in [0.29, 0.717) is 6.04 Å². The van der Waals surface area contributed by atoms with Crippen molar-refractivity contribution in [1.29, 1.82) is 0 Å². The van der Waals surface area contributed by atoms with Gasteiger partial charge in [-0.1, -0.05) is 54.6 Å². The molecule has 2 rings (SSSR count). The minimum Gasteiger partial charge on any atom is -0.327 e. The Bertz CT molecular complexity index is 396. The Morgan fingerprint density at radius 3 is 2.89 bits per heavy atom. The second-order valence-electron chi connectivity index (χ2n) is 5.55. The van der Waals surface area contributed by atoms with Gasteiger partial charge in [-0.3, -0.25) is 0 Å². The molecule has 0 heterocycles. The van der Waals surface area contributed by atoms with Crippen LogP contribution in [0.3, 0.4) is 0 Å². The first-order valence-corrected chi connectivity index (χ1v) is 9.12. The Morgan fingerprint density at radius 2 is 2.16 bits per heavy atom. The van der Waals surface area contributed by atoms with Crippen LogP contribution in [0.25, 0.3) is 0 Å². The summed E-state index contributed by atoms with van der Waals surface area (Å²) in [6.07, 6.45) is 6.78. The van der Waals surface area contributed by atoms with Crippen molar-refractivity contribution in [3.63, 3.8) is 0 Å². The summed E-state index contributed by atoms with van der Waals surface area (Å²) in [4.78, 5) is 1.31. The molecule has 0 saturated heterocycles. The Morgan fingerprint density at radius 1 is 1.37 bits per heavy atom. The first-order valence-electron chi connectivity index (χ1n) is 7.34. The predicted octanol–water partition coefficient (Wildman–Crippen LogP) is 5.08. The van der Waals surface area contributed by atoms with Crippen LogP contribution < -0.4 is 5.73 Å². The lowest BCUT2D eigenvalue weighted by atomic mass is 9.75. The van der Waals surface area contributed by atoms with E-state index in [1.807, 2.05) is 11.8 Å². The zero-order valence-electron chi connectivity index (χ0n) is 11.6. The van der Waals surface area contributed by atoms with Crippen LogP contribution in [0.15, 0.2) is 33.6 Å². The third kappa shape index (κ3) is 4.51. The van der Waals surface area contributed by atoms with E-state index in [1.165, 1.54) is 37.0 Å². The molecule has 19 heavy (non-hydrogen) atoms. The molecule has 3 atom stereocenters. The van der Waals surface area contributed by atoms with E-state index in [2.05, 4.69) is 47.1 Å². The molecule has 1 aliphatic carbocycles. The van der Waals surface area contributed by atoms with E-state index in [-0.39, 0.29) is 0 Å². The molecule has 1 aliphatic rings. The van der Waals surface area contributed by atoms with Crippen LogP contribution in [0.1, 0.15) is 39.0 Å². The molecule has 0 aliphatic heterocycles. The molecule has 106 valence electrons. The molecule has 1 nitrogen and oxygen atoms in total. The van der Waals surface area contributed by atoms with Gasteiger partial charge in [0.25, 0.3) is 0 Å². The summed E-state index contributed by atoms with van der Waals surface area (Å²) in [7, 11) is 0. The summed E-state index contributed by atoms with van der Waals surface area (Å²) in [6, 6.07) is 8.84. The molecule has 0 aromatic heterocycles. The van der Waals surface area contributed by atoms with Gasteiger partial charge in [0.05, 0.1) is 0 Å². The number of nitrogens with two attached hydrogens (primary N) is 1. The Kier molecular flexibility index (Phi) is 6.24. The number of hydrogen-bond donors (Lipinski definition) is 1. The standard InChI is InChI=1S/C16H24BrNS/c1-2-12-6-3-4-9-15(12)16(18)11-19-14-8-5-7-13(17)10-14/h5,7-8,10,12,15-16H,2-4,6,9,11,18H2,1H3. The molecule has 2 N–H and O–H groups in total. The van der Waals surface area contributed by atoms with Crippen molar-refractivity contribution < 1.29 is 0 Å². The highest BCUT2D eigenvalue weighted by atomic mass is 79.9. The quantitative estimate of drug-likeness (QED) is 0.755. The van der Waals surface area contributed by atoms with Gasteiger partial charge in [-0.25, -0.2) is 0 Å². The zero-order chi connectivity index (χ0) is 13.7. The first-order chi connectivity index (χ1) is 9.20. The average molecular weight is 342 g/mol. The average Bonchev–Trinajstić information content (AvgIpc) is 2.45. The van der Waals surface area contributed by atoms with Crippen molar-refractivity contribution in [2.24, 2.45) is 17.6 Å². The molecule has 3 unspecified atom stereocenters. The fourth-order valence-corrected chi connectivity index (χ4v) is 4.75. The van der Waals surface area contributed by atoms with Crippen LogP contribution in [0.2, 0.25) is 0 Å². The van der Waals surface area contributed by atoms with E-state index in [9.17, 15) is 0 Å². The van der Waals surface area contributed by atoms with Crippen LogP contribution in [0.5, 0.6) is 0 Å². The third-order valence-corrected chi connectivity index (χ3v) is 5.91. The minimum absolute atomic E-state index is 0.342. The van der Waals surface area contributed by atoms with Crippen molar-refractivity contribution in [3.05, 3.63) is 28.7 Å². The maximum Gasteiger partial charge on any atom is 0.0186 e. The van der Waals surface area contributed by atoms with Gasteiger partial charge in [-0.2, -0.15) is 0 Å². The Balaban J connectivity index is 1.87. The largest absolute Gasteiger partial charge is 0.327 e. The van der Waals surface area contributed by atoms with E-state index >= 15 is 0 Å². The van der Waals surface area contributed by atoms with E-state index in [4.69, 9.17) is 5.73 Å². The van der Waals surface area contributed by atoms with Crippen molar-refractivity contribution >= 4 is 27.7 Å². The maximum absolute atomic E-state index is 6.47. The lowest BCUT2D eigenvalue weighted by molar-refractivity contribution is 0.205. The molecule has 0 amide bonds. The van der Waals surface area contributed by atoms with Gasteiger partial charge in [0.1, 0.15) is 0 Å². The summed E-state index contributed by atoms with van der Waals surface area (Å²) < 4.78 is 1.15. The SMILES string of the molecule is CCC1CCCCC1C(N)CSc1cccc(Br)c1. The highest BCUT2D eigenvalue weighted by molar-refractivity contribution is 9.10. The molecule has 0 radical (unpaired) electrons. The molecule has 1 aromatic carbocycles. The van der Waals surface area contributed by atoms with Crippen molar-refractivity contribution in [2.75, 3.05) is 5.75 Å². The van der Waals surface area contributed by atoms with Crippen LogP contribution >= 0.6 is 27.7 Å². The summed E-state index contributed by atoms with van der Waals surface area (Å²) in [5.74, 6) is 2.63. The van der Waals surface area contributed by atoms with Crippen LogP contribution in [0.4, 0.5) is 0 Å². The van der Waals surface area contributed by atoms with E-state index in [1.54, 1.807) is 0 Å². The highest BCUT2D eigenvalue weighted by Crippen LogP contribution is 2.35. The van der Waals surface area contributed by atoms with Crippen LogP contribution in [-0.2, 0) is 0 Å². The molecule has 1 saturated carbocycles. The highest BCUT2D eigenvalue weighted by Gasteiger charge is 2.28. The lowest BCUT2D eigenvalue weighted by Gasteiger charge is -2.35. The van der Waals surface area contributed by atoms with Gasteiger partial charge in [0.15, 0.2) is 0 Å². The molecular weight excluding hydrogens is 318 g/mol. The third-order valence-electron chi connectivity index (χ3n) is 4.28. The smallest absolute Gasteiger partial charge is 0.0186 e. The molecule has 1 aromatic rings. The predicted molar refractivity (Wildman–Crippen MR) is 88.6 cm³/mol. The summed E-state index contributed by atoms with van der Waals surface area (Å²) >= 11 is 5.42. The van der Waals surface area contributed by atoms with Gasteiger partial charge in [0, 0.05) is 21.2 Å². The number of rotatable bonds is 5. The Hall–Kier alpha value is 0.01000. The molecule has 0 bridgehead atoms. The normalized spacial score (nSPS) is 25.2. The maximum atomic E-state index is 6.47. The second-order valence-corrected chi connectivity index (χ2v) is 7.56. The van der Waals surface area contributed by atoms with Crippen LogP contribution in [0, 0.1) is 11.8 Å². The van der Waals surface area contributed by atoms with Crippen molar-refractivity contribution in [3.8, 4) is 0 Å². The zero-order valence-corrected chi connectivity index (χ0v) is 14.1. The fraction of sp³-hybridized carbons (Fsp3) is 0.625. The van der Waals surface area contributed by atoms with E-state index < -0.39 is 0 Å². The number of benzene rings is 1. The molecular formula is C16H24BrNS. The van der Waals surface area contributed by atoms with Gasteiger partial charge >= 0.3 is 0 Å². The minimum atomic E-state index is 0.342. The molecule has 0 spiro atoms. The van der Waals surface area contributed by atoms with E-state index in [0.717, 1.165) is 22.1 Å². The van der Waals surface area contributed by atoms with Gasteiger partial charge in [-0.05, 0) is 36.5 Å². The van der Waals surface area contributed by atoms with Crippen molar-refractivity contribution in [2.45, 2.75) is 50.0 Å². The van der Waals surface area contributed by atoms with Gasteiger partial charge < -0.3 is 5.73 Å². The first kappa shape index (κ1) is 15.4. The summed E-state index contributed by atoms with van der Waals surface area (Å²) in [6.45, 7) is 2.32. The topological polar surface area (TPSA) is 26.0 Å². The van der Waals surface area contributed by atoms with Crippen LogP contribution in [-0.4, -0.2) is 11.8 Å². The fourth-order valence-electron chi connectivity index (χ4n) is 3.18. The van der Waals surface area contributed by atoms with Gasteiger partial charge in [-0.15, -0.1) is 11.8 Å². The monoisotopic (exact) mass is 341 g/mol. The number of hydrogen-bond acceptors (Lipinski definition) is 2. The Labute approximate surface area is 129 Å². The second kappa shape index (κ2) is 7.70.